The molecule has 0 spiro atoms. The van der Waals surface area contributed by atoms with E-state index in [0.29, 0.717) is 15.4 Å². The summed E-state index contributed by atoms with van der Waals surface area (Å²) in [6.07, 6.45) is 0. The molecule has 1 aromatic carbocycles. The molecular weight excluding hydrogens is 293 g/mol. The summed E-state index contributed by atoms with van der Waals surface area (Å²) >= 11 is 8.93. The normalized spacial score (nSPS) is 10.1. The van der Waals surface area contributed by atoms with Crippen molar-refractivity contribution in [3.8, 4) is 0 Å². The van der Waals surface area contributed by atoms with Gasteiger partial charge >= 0.3 is 0 Å². The van der Waals surface area contributed by atoms with Gasteiger partial charge < -0.3 is 9.73 Å². The van der Waals surface area contributed by atoms with E-state index in [1.807, 2.05) is 0 Å². The highest BCUT2D eigenvalue weighted by molar-refractivity contribution is 9.10. The summed E-state index contributed by atoms with van der Waals surface area (Å²) in [7, 11) is 0. The second-order valence-corrected chi connectivity index (χ2v) is 4.29. The van der Waals surface area contributed by atoms with Crippen LogP contribution in [0.15, 0.2) is 45.5 Å². The van der Waals surface area contributed by atoms with Crippen molar-refractivity contribution in [2.75, 3.05) is 5.32 Å². The minimum absolute atomic E-state index is 0.242. The molecule has 0 radical (unpaired) electrons. The van der Waals surface area contributed by atoms with Crippen LogP contribution in [0.5, 0.6) is 0 Å². The molecule has 0 saturated heterocycles. The monoisotopic (exact) mass is 299 g/mol. The maximum Gasteiger partial charge on any atom is 0.291 e. The molecule has 1 aromatic heterocycles. The van der Waals surface area contributed by atoms with Crippen molar-refractivity contribution < 1.29 is 9.21 Å². The number of nitrogens with one attached hydrogen (secondary N) is 1. The Bertz CT molecular complexity index is 524. The number of rotatable bonds is 2. The van der Waals surface area contributed by atoms with Crippen molar-refractivity contribution in [3.63, 3.8) is 0 Å². The zero-order chi connectivity index (χ0) is 11.5. The van der Waals surface area contributed by atoms with Gasteiger partial charge in [0.15, 0.2) is 10.4 Å². The fourth-order valence-electron chi connectivity index (χ4n) is 1.20. The minimum Gasteiger partial charge on any atom is -0.444 e. The first-order chi connectivity index (χ1) is 7.65. The molecule has 3 nitrogen and oxygen atoms in total. The quantitative estimate of drug-likeness (QED) is 0.912. The zero-order valence-corrected chi connectivity index (χ0v) is 10.4. The molecule has 0 aliphatic heterocycles. The van der Waals surface area contributed by atoms with Crippen LogP contribution in [0.25, 0.3) is 0 Å². The molecule has 2 rings (SSSR count). The number of hydrogen-bond donors (Lipinski definition) is 1. The summed E-state index contributed by atoms with van der Waals surface area (Å²) in [4.78, 5) is 11.7. The average Bonchev–Trinajstić information content (AvgIpc) is 2.65. The standard InChI is InChI=1S/C11H7BrClNO2/c12-10-5-4-9(16-10)11(15)14-8-3-1-2-7(13)6-8/h1-6H,(H,14,15). The fraction of sp³-hybridized carbons (Fsp3) is 0. The molecular formula is C11H7BrClNO2. The number of carbonyl (C=O) groups is 1. The minimum atomic E-state index is -0.312. The van der Waals surface area contributed by atoms with Gasteiger partial charge in [-0.2, -0.15) is 0 Å². The maximum atomic E-state index is 11.7. The van der Waals surface area contributed by atoms with E-state index >= 15 is 0 Å². The van der Waals surface area contributed by atoms with Crippen molar-refractivity contribution in [3.05, 3.63) is 51.9 Å². The maximum absolute atomic E-state index is 11.7. The lowest BCUT2D eigenvalue weighted by atomic mass is 10.3. The Kier molecular flexibility index (Phi) is 3.31. The van der Waals surface area contributed by atoms with Gasteiger partial charge in [0, 0.05) is 10.7 Å². The second kappa shape index (κ2) is 4.72. The van der Waals surface area contributed by atoms with Crippen LogP contribution in [0.4, 0.5) is 5.69 Å². The molecule has 0 fully saturated rings. The van der Waals surface area contributed by atoms with Crippen LogP contribution in [0.3, 0.4) is 0 Å². The molecule has 0 aliphatic rings. The van der Waals surface area contributed by atoms with Crippen LogP contribution >= 0.6 is 27.5 Å². The lowest BCUT2D eigenvalue weighted by molar-refractivity contribution is 0.0995. The van der Waals surface area contributed by atoms with E-state index in [9.17, 15) is 4.79 Å². The first-order valence-corrected chi connectivity index (χ1v) is 5.64. The Labute approximate surface area is 106 Å². The van der Waals surface area contributed by atoms with E-state index in [1.54, 1.807) is 36.4 Å². The Hall–Kier alpha value is -1.26. The SMILES string of the molecule is O=C(Nc1cccc(Cl)c1)c1ccc(Br)o1. The number of benzene rings is 1. The van der Waals surface area contributed by atoms with Crippen LogP contribution in [-0.4, -0.2) is 5.91 Å². The van der Waals surface area contributed by atoms with E-state index in [4.69, 9.17) is 16.0 Å². The van der Waals surface area contributed by atoms with Gasteiger partial charge in [0.25, 0.3) is 5.91 Å². The van der Waals surface area contributed by atoms with Crippen molar-refractivity contribution in [2.24, 2.45) is 0 Å². The van der Waals surface area contributed by atoms with Gasteiger partial charge in [-0.1, -0.05) is 17.7 Å². The number of hydrogen-bond acceptors (Lipinski definition) is 2. The molecule has 2 aromatic rings. The summed E-state index contributed by atoms with van der Waals surface area (Å²) in [5, 5.41) is 3.24. The third-order valence-electron chi connectivity index (χ3n) is 1.88. The molecule has 0 saturated carbocycles. The fourth-order valence-corrected chi connectivity index (χ4v) is 1.69. The largest absolute Gasteiger partial charge is 0.444 e. The number of carbonyl (C=O) groups excluding carboxylic acids is 1. The first kappa shape index (κ1) is 11.2. The van der Waals surface area contributed by atoms with Gasteiger partial charge in [-0.15, -0.1) is 0 Å². The van der Waals surface area contributed by atoms with Gasteiger partial charge in [0.2, 0.25) is 0 Å². The summed E-state index contributed by atoms with van der Waals surface area (Å²) in [5.74, 6) is -0.0696. The number of anilines is 1. The highest BCUT2D eigenvalue weighted by Gasteiger charge is 2.10. The van der Waals surface area contributed by atoms with Crippen LogP contribution in [0, 0.1) is 0 Å². The third kappa shape index (κ3) is 2.65. The highest BCUT2D eigenvalue weighted by Crippen LogP contribution is 2.18. The van der Waals surface area contributed by atoms with Gasteiger partial charge in [0.1, 0.15) is 0 Å². The van der Waals surface area contributed by atoms with Crippen LogP contribution in [-0.2, 0) is 0 Å². The summed E-state index contributed by atoms with van der Waals surface area (Å²) in [6, 6.07) is 10.2. The Morgan fingerprint density at radius 2 is 2.12 bits per heavy atom. The topological polar surface area (TPSA) is 42.2 Å². The molecule has 0 aliphatic carbocycles. The number of halogens is 2. The van der Waals surface area contributed by atoms with Crippen molar-refractivity contribution in [1.82, 2.24) is 0 Å². The van der Waals surface area contributed by atoms with Crippen molar-refractivity contribution in [1.29, 1.82) is 0 Å². The van der Waals surface area contributed by atoms with Crippen LogP contribution < -0.4 is 5.32 Å². The van der Waals surface area contributed by atoms with Gasteiger partial charge in [-0.05, 0) is 46.3 Å². The molecule has 1 amide bonds. The second-order valence-electron chi connectivity index (χ2n) is 3.07. The van der Waals surface area contributed by atoms with Crippen LogP contribution in [0.2, 0.25) is 5.02 Å². The summed E-state index contributed by atoms with van der Waals surface area (Å²) in [5.41, 5.74) is 0.630. The highest BCUT2D eigenvalue weighted by atomic mass is 79.9. The molecule has 16 heavy (non-hydrogen) atoms. The smallest absolute Gasteiger partial charge is 0.291 e. The molecule has 1 heterocycles. The average molecular weight is 301 g/mol. The Balaban J connectivity index is 2.13. The number of furan rings is 1. The Morgan fingerprint density at radius 3 is 2.75 bits per heavy atom. The molecule has 0 bridgehead atoms. The van der Waals surface area contributed by atoms with E-state index in [0.717, 1.165) is 0 Å². The third-order valence-corrected chi connectivity index (χ3v) is 2.54. The predicted octanol–water partition coefficient (Wildman–Crippen LogP) is 3.95. The Morgan fingerprint density at radius 1 is 1.31 bits per heavy atom. The molecule has 5 heteroatoms. The molecule has 0 unspecified atom stereocenters. The lowest BCUT2D eigenvalue weighted by Gasteiger charge is -2.02. The van der Waals surface area contributed by atoms with E-state index in [1.165, 1.54) is 0 Å². The van der Waals surface area contributed by atoms with E-state index in [-0.39, 0.29) is 11.7 Å². The van der Waals surface area contributed by atoms with Crippen molar-refractivity contribution in [2.45, 2.75) is 0 Å². The van der Waals surface area contributed by atoms with Gasteiger partial charge in [0.05, 0.1) is 0 Å². The summed E-state index contributed by atoms with van der Waals surface area (Å²) < 4.78 is 5.64. The molecule has 1 N–H and O–H groups in total. The van der Waals surface area contributed by atoms with Gasteiger partial charge in [-0.3, -0.25) is 4.79 Å². The van der Waals surface area contributed by atoms with E-state index < -0.39 is 0 Å². The van der Waals surface area contributed by atoms with E-state index in [2.05, 4.69) is 21.2 Å². The van der Waals surface area contributed by atoms with Crippen LogP contribution in [0.1, 0.15) is 10.6 Å². The lowest BCUT2D eigenvalue weighted by Crippen LogP contribution is -2.10. The molecule has 0 atom stereocenters. The molecule has 82 valence electrons. The number of amides is 1. The summed E-state index contributed by atoms with van der Waals surface area (Å²) in [6.45, 7) is 0. The first-order valence-electron chi connectivity index (χ1n) is 4.47. The predicted molar refractivity (Wildman–Crippen MR) is 65.8 cm³/mol. The zero-order valence-electron chi connectivity index (χ0n) is 8.04. The van der Waals surface area contributed by atoms with Crippen molar-refractivity contribution >= 4 is 39.1 Å². The van der Waals surface area contributed by atoms with Gasteiger partial charge in [-0.25, -0.2) is 0 Å².